The molecule has 0 radical (unpaired) electrons. The highest BCUT2D eigenvalue weighted by Gasteiger charge is 2.28. The zero-order valence-corrected chi connectivity index (χ0v) is 16.5. The van der Waals surface area contributed by atoms with Crippen molar-refractivity contribution in [2.45, 2.75) is 17.9 Å². The van der Waals surface area contributed by atoms with Crippen LogP contribution in [0.4, 0.5) is 0 Å². The van der Waals surface area contributed by atoms with Gasteiger partial charge in [-0.15, -0.1) is 0 Å². The molecule has 24 heavy (non-hydrogen) atoms. The number of alkyl halides is 1. The third-order valence-corrected chi connectivity index (χ3v) is 5.04. The van der Waals surface area contributed by atoms with E-state index in [1.165, 1.54) is 0 Å². The fourth-order valence-electron chi connectivity index (χ4n) is 2.36. The predicted molar refractivity (Wildman–Crippen MR) is 98.3 cm³/mol. The molecule has 0 saturated heterocycles. The molecule has 0 spiro atoms. The van der Waals surface area contributed by atoms with Gasteiger partial charge < -0.3 is 14.2 Å². The zero-order valence-electron chi connectivity index (χ0n) is 12.6. The van der Waals surface area contributed by atoms with Gasteiger partial charge in [-0.25, -0.2) is 4.79 Å². The van der Waals surface area contributed by atoms with Gasteiger partial charge in [-0.3, -0.25) is 0 Å². The van der Waals surface area contributed by atoms with E-state index in [2.05, 4.69) is 31.9 Å². The van der Waals surface area contributed by atoms with Crippen molar-refractivity contribution in [1.82, 2.24) is 0 Å². The van der Waals surface area contributed by atoms with E-state index in [0.717, 1.165) is 10.0 Å². The number of fused-ring (bicyclic) bond motifs is 1. The first-order valence-corrected chi connectivity index (χ1v) is 9.24. The van der Waals surface area contributed by atoms with E-state index in [1.807, 2.05) is 19.1 Å². The van der Waals surface area contributed by atoms with Crippen LogP contribution in [0.25, 0.3) is 0 Å². The van der Waals surface area contributed by atoms with Gasteiger partial charge in [-0.05, 0) is 31.2 Å². The Hall–Kier alpha value is -1.24. The van der Waals surface area contributed by atoms with E-state index in [4.69, 9.17) is 25.8 Å². The second kappa shape index (κ2) is 7.33. The highest BCUT2D eigenvalue weighted by Crippen LogP contribution is 2.42. The molecule has 2 atom stereocenters. The average Bonchev–Trinajstić information content (AvgIpc) is 2.99. The van der Waals surface area contributed by atoms with Crippen molar-refractivity contribution in [3.05, 3.63) is 57.0 Å². The average molecular weight is 477 g/mol. The summed E-state index contributed by atoms with van der Waals surface area (Å²) in [4.78, 5) is 12.4. The molecule has 0 saturated carbocycles. The Labute approximate surface area is 161 Å². The van der Waals surface area contributed by atoms with Crippen LogP contribution in [-0.4, -0.2) is 17.6 Å². The first-order valence-electron chi connectivity index (χ1n) is 7.16. The van der Waals surface area contributed by atoms with Gasteiger partial charge in [0, 0.05) is 10.0 Å². The number of halogens is 3. The molecule has 7 heteroatoms. The summed E-state index contributed by atoms with van der Waals surface area (Å²) in [7, 11) is 0. The second-order valence-corrected chi connectivity index (χ2v) is 7.92. The van der Waals surface area contributed by atoms with Gasteiger partial charge >= 0.3 is 5.97 Å². The Morgan fingerprint density at radius 1 is 1.25 bits per heavy atom. The highest BCUT2D eigenvalue weighted by atomic mass is 79.9. The fourth-order valence-corrected chi connectivity index (χ4v) is 3.51. The van der Waals surface area contributed by atoms with Gasteiger partial charge in [-0.2, -0.15) is 0 Å². The van der Waals surface area contributed by atoms with Crippen molar-refractivity contribution in [2.24, 2.45) is 0 Å². The Morgan fingerprint density at radius 2 is 1.92 bits per heavy atom. The summed E-state index contributed by atoms with van der Waals surface area (Å²) in [6.07, 6.45) is -0.530. The lowest BCUT2D eigenvalue weighted by molar-refractivity contribution is 0.0302. The first-order chi connectivity index (χ1) is 11.5. The topological polar surface area (TPSA) is 44.8 Å². The predicted octanol–water partition coefficient (Wildman–Crippen LogP) is 5.51. The number of rotatable bonds is 4. The van der Waals surface area contributed by atoms with Gasteiger partial charge in [0.05, 0.1) is 15.4 Å². The van der Waals surface area contributed by atoms with Gasteiger partial charge in [0.1, 0.15) is 6.10 Å². The summed E-state index contributed by atoms with van der Waals surface area (Å²) in [6, 6.07) is 10.4. The Morgan fingerprint density at radius 3 is 2.58 bits per heavy atom. The van der Waals surface area contributed by atoms with Crippen molar-refractivity contribution in [3.63, 3.8) is 0 Å². The van der Waals surface area contributed by atoms with E-state index in [0.29, 0.717) is 22.1 Å². The number of carbonyl (C=O) groups is 1. The molecule has 126 valence electrons. The van der Waals surface area contributed by atoms with Crippen molar-refractivity contribution in [3.8, 4) is 11.5 Å². The van der Waals surface area contributed by atoms with Crippen molar-refractivity contribution in [2.75, 3.05) is 6.79 Å². The maximum atomic E-state index is 12.5. The van der Waals surface area contributed by atoms with Gasteiger partial charge in [-0.1, -0.05) is 55.6 Å². The van der Waals surface area contributed by atoms with Crippen LogP contribution < -0.4 is 9.47 Å². The molecule has 1 heterocycles. The Kier molecular flexibility index (Phi) is 5.37. The quantitative estimate of drug-likeness (QED) is 0.431. The van der Waals surface area contributed by atoms with Crippen LogP contribution in [0.2, 0.25) is 5.02 Å². The fraction of sp³-hybridized carbons (Fsp3) is 0.235. The third-order valence-electron chi connectivity index (χ3n) is 3.54. The summed E-state index contributed by atoms with van der Waals surface area (Å²) in [5, 5.41) is 0.355. The van der Waals surface area contributed by atoms with E-state index in [-0.39, 0.29) is 11.6 Å². The maximum Gasteiger partial charge on any atom is 0.340 e. The molecule has 0 aliphatic carbocycles. The second-order valence-electron chi connectivity index (χ2n) is 5.21. The van der Waals surface area contributed by atoms with Gasteiger partial charge in [0.15, 0.2) is 11.5 Å². The van der Waals surface area contributed by atoms with Crippen LogP contribution in [0.1, 0.15) is 28.9 Å². The Balaban J connectivity index is 1.91. The molecule has 0 bridgehead atoms. The van der Waals surface area contributed by atoms with E-state index < -0.39 is 12.1 Å². The number of ether oxygens (including phenoxy) is 3. The number of hydrogen-bond donors (Lipinski definition) is 0. The monoisotopic (exact) mass is 474 g/mol. The van der Waals surface area contributed by atoms with Crippen LogP contribution >= 0.6 is 43.5 Å². The van der Waals surface area contributed by atoms with Crippen molar-refractivity contribution >= 4 is 49.4 Å². The van der Waals surface area contributed by atoms with Crippen LogP contribution in [0.15, 0.2) is 40.9 Å². The number of esters is 1. The van der Waals surface area contributed by atoms with Crippen LogP contribution in [0.5, 0.6) is 11.5 Å². The summed E-state index contributed by atoms with van der Waals surface area (Å²) < 4.78 is 17.2. The zero-order chi connectivity index (χ0) is 17.3. The van der Waals surface area contributed by atoms with E-state index in [1.54, 1.807) is 24.3 Å². The van der Waals surface area contributed by atoms with E-state index >= 15 is 0 Å². The molecule has 0 N–H and O–H groups in total. The standard InChI is InChI=1S/C17H13Br2ClO4/c1-9(18)16(24-17(21)10-4-2-3-5-13(10)20)11-6-14-15(7-12(11)19)23-8-22-14/h2-7,9,16H,8H2,1H3. The minimum absolute atomic E-state index is 0.124. The molecule has 2 aromatic rings. The molecular weight excluding hydrogens is 463 g/mol. The molecule has 1 aliphatic heterocycles. The minimum Gasteiger partial charge on any atom is -0.454 e. The third kappa shape index (κ3) is 3.55. The molecule has 0 fully saturated rings. The molecule has 2 aromatic carbocycles. The van der Waals surface area contributed by atoms with Crippen LogP contribution in [0, 0.1) is 0 Å². The van der Waals surface area contributed by atoms with Gasteiger partial charge in [0.2, 0.25) is 6.79 Å². The summed E-state index contributed by atoms with van der Waals surface area (Å²) in [5.74, 6) is 0.797. The minimum atomic E-state index is -0.530. The van der Waals surface area contributed by atoms with Crippen LogP contribution in [0.3, 0.4) is 0 Å². The van der Waals surface area contributed by atoms with E-state index in [9.17, 15) is 4.79 Å². The molecule has 0 amide bonds. The number of benzene rings is 2. The number of hydrogen-bond acceptors (Lipinski definition) is 4. The largest absolute Gasteiger partial charge is 0.454 e. The smallest absolute Gasteiger partial charge is 0.340 e. The number of carbonyl (C=O) groups excluding carboxylic acids is 1. The lowest BCUT2D eigenvalue weighted by Gasteiger charge is -2.22. The molecule has 1 aliphatic rings. The van der Waals surface area contributed by atoms with Crippen molar-refractivity contribution in [1.29, 1.82) is 0 Å². The lowest BCUT2D eigenvalue weighted by atomic mass is 10.1. The van der Waals surface area contributed by atoms with Crippen LogP contribution in [-0.2, 0) is 4.74 Å². The Bertz CT molecular complexity index is 779. The summed E-state index contributed by atoms with van der Waals surface area (Å²) in [6.45, 7) is 2.08. The molecule has 4 nitrogen and oxygen atoms in total. The molecular formula is C17H13Br2ClO4. The molecule has 2 unspecified atom stereocenters. The SMILES string of the molecule is CC(Br)C(OC(=O)c1ccccc1Cl)c1cc2c(cc1Br)OCO2. The summed E-state index contributed by atoms with van der Waals surface area (Å²) in [5.41, 5.74) is 1.11. The lowest BCUT2D eigenvalue weighted by Crippen LogP contribution is -2.18. The maximum absolute atomic E-state index is 12.5. The normalized spacial score (nSPS) is 15.0. The first kappa shape index (κ1) is 17.6. The summed E-state index contributed by atoms with van der Waals surface area (Å²) >= 11 is 13.1. The van der Waals surface area contributed by atoms with Crippen molar-refractivity contribution < 1.29 is 19.0 Å². The van der Waals surface area contributed by atoms with Gasteiger partial charge in [0.25, 0.3) is 0 Å². The molecule has 3 rings (SSSR count). The molecule has 0 aromatic heterocycles. The highest BCUT2D eigenvalue weighted by molar-refractivity contribution is 9.10.